The Morgan fingerprint density at radius 3 is 2.45 bits per heavy atom. The lowest BCUT2D eigenvalue weighted by Crippen LogP contribution is -2.61. The van der Waals surface area contributed by atoms with Gasteiger partial charge in [-0.05, 0) is 60.2 Å². The number of halogens is 5. The Kier molecular flexibility index (Phi) is 9.78. The first kappa shape index (κ1) is 33.8. The molecule has 7 nitrogen and oxygen atoms in total. The number of ether oxygens (including phenoxy) is 2. The van der Waals surface area contributed by atoms with E-state index in [-0.39, 0.29) is 36.9 Å². The number of piperidine rings is 1. The highest BCUT2D eigenvalue weighted by molar-refractivity contribution is 6.35. The van der Waals surface area contributed by atoms with E-state index >= 15 is 0 Å². The van der Waals surface area contributed by atoms with Gasteiger partial charge in [-0.3, -0.25) is 14.4 Å². The zero-order chi connectivity index (χ0) is 32.6. The third-order valence-corrected chi connectivity index (χ3v) is 8.79. The van der Waals surface area contributed by atoms with E-state index in [0.717, 1.165) is 12.1 Å². The number of likely N-dealkylation sites (tertiary alicyclic amines) is 1. The molecule has 0 bridgehead atoms. The van der Waals surface area contributed by atoms with E-state index in [9.17, 15) is 27.6 Å². The normalized spacial score (nSPS) is 24.0. The Hall–Kier alpha value is -3.08. The van der Waals surface area contributed by atoms with Crippen LogP contribution in [0.2, 0.25) is 10.0 Å². The third-order valence-electron chi connectivity index (χ3n) is 8.21. The van der Waals surface area contributed by atoms with Crippen LogP contribution in [0.3, 0.4) is 0 Å². The van der Waals surface area contributed by atoms with Crippen molar-refractivity contribution in [2.24, 2.45) is 16.7 Å². The summed E-state index contributed by atoms with van der Waals surface area (Å²) in [4.78, 5) is 42.4. The molecule has 2 aromatic carbocycles. The van der Waals surface area contributed by atoms with Gasteiger partial charge >= 0.3 is 12.1 Å². The van der Waals surface area contributed by atoms with Crippen molar-refractivity contribution >= 4 is 41.0 Å². The molecule has 2 aliphatic rings. The van der Waals surface area contributed by atoms with E-state index in [1.54, 1.807) is 31.2 Å². The van der Waals surface area contributed by atoms with E-state index in [0.29, 0.717) is 21.3 Å². The van der Waals surface area contributed by atoms with Crippen LogP contribution >= 0.6 is 23.2 Å². The topological polar surface area (TPSA) is 84.9 Å². The highest BCUT2D eigenvalue weighted by Crippen LogP contribution is 2.52. The summed E-state index contributed by atoms with van der Waals surface area (Å²) in [5.41, 5.74) is -1.39. The number of hydrogen-bond acceptors (Lipinski definition) is 5. The number of esters is 1. The SMILES string of the molecule is COC(=O)[C@]12C[C@H](CC(=O)NCc3cccc(C(F)(F)F)c3)C(=O)N(Cc3ccc(Cl)cc3Cl)C1=C[C@H](C(C)(C)C)O[C@@H]2C. The van der Waals surface area contributed by atoms with E-state index in [1.807, 2.05) is 20.8 Å². The summed E-state index contributed by atoms with van der Waals surface area (Å²) >= 11 is 12.6. The second-order valence-electron chi connectivity index (χ2n) is 12.3. The Labute approximate surface area is 264 Å². The molecule has 44 heavy (non-hydrogen) atoms. The van der Waals surface area contributed by atoms with Gasteiger partial charge in [-0.2, -0.15) is 13.2 Å². The van der Waals surface area contributed by atoms with Gasteiger partial charge in [-0.15, -0.1) is 0 Å². The maximum Gasteiger partial charge on any atom is 0.416 e. The van der Waals surface area contributed by atoms with Crippen LogP contribution in [0.4, 0.5) is 13.2 Å². The van der Waals surface area contributed by atoms with Gasteiger partial charge < -0.3 is 19.7 Å². The Morgan fingerprint density at radius 2 is 1.84 bits per heavy atom. The summed E-state index contributed by atoms with van der Waals surface area (Å²) in [6.07, 6.45) is -4.31. The van der Waals surface area contributed by atoms with Gasteiger partial charge in [0.15, 0.2) is 0 Å². The fraction of sp³-hybridized carbons (Fsp3) is 0.469. The molecule has 1 fully saturated rings. The van der Waals surface area contributed by atoms with Crippen molar-refractivity contribution in [3.8, 4) is 0 Å². The van der Waals surface area contributed by atoms with Crippen LogP contribution in [0.1, 0.15) is 57.2 Å². The molecule has 12 heteroatoms. The van der Waals surface area contributed by atoms with Gasteiger partial charge in [-0.1, -0.05) is 62.2 Å². The van der Waals surface area contributed by atoms with E-state index < -0.39 is 53.1 Å². The average Bonchev–Trinajstić information content (AvgIpc) is 2.94. The Bertz CT molecular complexity index is 1470. The molecule has 0 spiro atoms. The summed E-state index contributed by atoms with van der Waals surface area (Å²) in [6.45, 7) is 7.51. The standard InChI is InChI=1S/C32H35Cl2F3N2O5/c1-18-31(29(42)43-5)15-21(12-27(40)38-16-19-7-6-8-22(11-19)32(35,36)37)28(41)39(17-20-9-10-23(33)13-24(20)34)25(31)14-26(44-18)30(2,3)4/h6-11,13-14,18,21,26H,12,15-17H2,1-5H3,(H,38,40)/t18-,21+,26-,31+/m1/s1. The summed E-state index contributed by atoms with van der Waals surface area (Å²) in [7, 11) is 1.25. The van der Waals surface area contributed by atoms with Gasteiger partial charge in [0.25, 0.3) is 0 Å². The number of carbonyl (C=O) groups is 3. The molecule has 1 saturated heterocycles. The van der Waals surface area contributed by atoms with Crippen LogP contribution in [-0.2, 0) is 43.1 Å². The molecule has 0 unspecified atom stereocenters. The van der Waals surface area contributed by atoms with Gasteiger partial charge in [0.1, 0.15) is 5.41 Å². The zero-order valence-corrected chi connectivity index (χ0v) is 26.6. The molecule has 0 radical (unpaired) electrons. The lowest BCUT2D eigenvalue weighted by Gasteiger charge is -2.53. The molecule has 238 valence electrons. The lowest BCUT2D eigenvalue weighted by molar-refractivity contribution is -0.180. The van der Waals surface area contributed by atoms with Crippen molar-refractivity contribution in [2.75, 3.05) is 7.11 Å². The summed E-state index contributed by atoms with van der Waals surface area (Å²) in [5.74, 6) is -2.55. The minimum Gasteiger partial charge on any atom is -0.468 e. The number of nitrogens with one attached hydrogen (secondary N) is 1. The van der Waals surface area contributed by atoms with Crippen molar-refractivity contribution in [2.45, 2.75) is 72.0 Å². The van der Waals surface area contributed by atoms with Crippen molar-refractivity contribution in [3.63, 3.8) is 0 Å². The van der Waals surface area contributed by atoms with Crippen LogP contribution in [0, 0.1) is 16.7 Å². The minimum atomic E-state index is -4.52. The van der Waals surface area contributed by atoms with E-state index in [2.05, 4.69) is 5.32 Å². The fourth-order valence-corrected chi connectivity index (χ4v) is 6.25. The molecule has 4 atom stereocenters. The van der Waals surface area contributed by atoms with Crippen LogP contribution < -0.4 is 5.32 Å². The number of carbonyl (C=O) groups excluding carboxylic acids is 3. The maximum absolute atomic E-state index is 14.2. The van der Waals surface area contributed by atoms with Crippen LogP contribution in [-0.4, -0.2) is 42.0 Å². The average molecular weight is 656 g/mol. The lowest BCUT2D eigenvalue weighted by atomic mass is 9.65. The molecule has 2 heterocycles. The predicted molar refractivity (Wildman–Crippen MR) is 159 cm³/mol. The van der Waals surface area contributed by atoms with Crippen molar-refractivity contribution in [3.05, 3.63) is 81.0 Å². The quantitative estimate of drug-likeness (QED) is 0.327. The first-order chi connectivity index (χ1) is 20.5. The first-order valence-electron chi connectivity index (χ1n) is 14.1. The van der Waals surface area contributed by atoms with Crippen LogP contribution in [0.5, 0.6) is 0 Å². The second kappa shape index (κ2) is 12.7. The number of benzene rings is 2. The molecular formula is C32H35Cl2F3N2O5. The fourth-order valence-electron chi connectivity index (χ4n) is 5.78. The van der Waals surface area contributed by atoms with Crippen molar-refractivity contribution in [1.82, 2.24) is 10.2 Å². The van der Waals surface area contributed by atoms with Crippen molar-refractivity contribution in [1.29, 1.82) is 0 Å². The van der Waals surface area contributed by atoms with Crippen molar-refractivity contribution < 1.29 is 37.0 Å². The minimum absolute atomic E-state index is 0.00858. The first-order valence-corrected chi connectivity index (χ1v) is 14.9. The Balaban J connectivity index is 1.69. The number of amides is 2. The third kappa shape index (κ3) is 6.92. The van der Waals surface area contributed by atoms with E-state index in [1.165, 1.54) is 24.1 Å². The largest absolute Gasteiger partial charge is 0.468 e. The van der Waals surface area contributed by atoms with Crippen LogP contribution in [0.15, 0.2) is 54.2 Å². The summed E-state index contributed by atoms with van der Waals surface area (Å²) in [6, 6.07) is 9.52. The van der Waals surface area contributed by atoms with E-state index in [4.69, 9.17) is 32.7 Å². The Morgan fingerprint density at radius 1 is 1.14 bits per heavy atom. The maximum atomic E-state index is 14.2. The van der Waals surface area contributed by atoms with Gasteiger partial charge in [0, 0.05) is 34.6 Å². The highest BCUT2D eigenvalue weighted by Gasteiger charge is 2.60. The molecule has 0 aliphatic carbocycles. The summed E-state index contributed by atoms with van der Waals surface area (Å²) < 4.78 is 51.1. The molecule has 2 amide bonds. The highest BCUT2D eigenvalue weighted by atomic mass is 35.5. The van der Waals surface area contributed by atoms with Gasteiger partial charge in [0.05, 0.1) is 31.4 Å². The predicted octanol–water partition coefficient (Wildman–Crippen LogP) is 6.94. The zero-order valence-electron chi connectivity index (χ0n) is 25.1. The number of fused-ring (bicyclic) bond motifs is 1. The number of nitrogens with zero attached hydrogens (tertiary/aromatic N) is 1. The van der Waals surface area contributed by atoms with Crippen LogP contribution in [0.25, 0.3) is 0 Å². The van der Waals surface area contributed by atoms with Gasteiger partial charge in [0.2, 0.25) is 11.8 Å². The molecule has 0 saturated carbocycles. The monoisotopic (exact) mass is 654 g/mol. The molecule has 0 aromatic heterocycles. The molecule has 2 aromatic rings. The molecule has 4 rings (SSSR count). The number of methoxy groups -OCH3 is 1. The number of alkyl halides is 3. The molecule has 2 aliphatic heterocycles. The number of hydrogen-bond donors (Lipinski definition) is 1. The molecule has 1 N–H and O–H groups in total. The summed E-state index contributed by atoms with van der Waals surface area (Å²) in [5, 5.41) is 3.35. The smallest absolute Gasteiger partial charge is 0.416 e. The molecular weight excluding hydrogens is 620 g/mol. The number of rotatable bonds is 7. The second-order valence-corrected chi connectivity index (χ2v) is 13.2. The van der Waals surface area contributed by atoms with Gasteiger partial charge in [-0.25, -0.2) is 0 Å².